The lowest BCUT2D eigenvalue weighted by molar-refractivity contribution is 0.583. The smallest absolute Gasteiger partial charge is 0.205 e. The fourth-order valence-electron chi connectivity index (χ4n) is 1.19. The Labute approximate surface area is 97.7 Å². The van der Waals surface area contributed by atoms with Crippen LogP contribution >= 0.6 is 11.6 Å². The lowest BCUT2D eigenvalue weighted by atomic mass is 10.2. The predicted molar refractivity (Wildman–Crippen MR) is 60.7 cm³/mol. The maximum absolute atomic E-state index is 11.2. The quantitative estimate of drug-likeness (QED) is 0.816. The first-order valence-corrected chi connectivity index (χ1v) is 6.58. The summed E-state index contributed by atoms with van der Waals surface area (Å²) in [5.41, 5.74) is 1.19. The highest BCUT2D eigenvalue weighted by molar-refractivity contribution is 7.89. The van der Waals surface area contributed by atoms with E-state index in [1.807, 2.05) is 0 Å². The van der Waals surface area contributed by atoms with Crippen LogP contribution in [0.2, 0.25) is 5.02 Å². The lowest BCUT2D eigenvalue weighted by Crippen LogP contribution is -2.10. The Balaban J connectivity index is 2.47. The van der Waals surface area contributed by atoms with Crippen molar-refractivity contribution in [3.8, 4) is 11.3 Å². The van der Waals surface area contributed by atoms with E-state index in [0.29, 0.717) is 10.7 Å². The predicted octanol–water partition coefficient (Wildman–Crippen LogP) is 1.41. The summed E-state index contributed by atoms with van der Waals surface area (Å²) in [7, 11) is -3.39. The second kappa shape index (κ2) is 3.88. The summed E-state index contributed by atoms with van der Waals surface area (Å²) in [6.07, 6.45) is 2.41. The average molecular weight is 258 g/mol. The molecule has 0 bridgehead atoms. The Bertz CT molecular complexity index is 621. The molecule has 0 amide bonds. The number of hydrogen-bond donors (Lipinski definition) is 0. The van der Waals surface area contributed by atoms with Gasteiger partial charge in [-0.1, -0.05) is 28.9 Å². The van der Waals surface area contributed by atoms with Gasteiger partial charge in [-0.2, -0.15) is 0 Å². The molecule has 2 aromatic rings. The maximum atomic E-state index is 11.2. The molecule has 0 aliphatic heterocycles. The Hall–Kier alpha value is -1.40. The van der Waals surface area contributed by atoms with E-state index in [9.17, 15) is 8.42 Å². The molecule has 84 valence electrons. The fraction of sp³-hybridized carbons (Fsp3) is 0.111. The first kappa shape index (κ1) is 11.1. The van der Waals surface area contributed by atoms with E-state index in [1.165, 1.54) is 6.20 Å². The van der Waals surface area contributed by atoms with E-state index in [0.717, 1.165) is 15.9 Å². The molecule has 0 atom stereocenters. The molecule has 1 heterocycles. The van der Waals surface area contributed by atoms with Crippen molar-refractivity contribution in [1.82, 2.24) is 14.4 Å². The van der Waals surface area contributed by atoms with E-state index in [2.05, 4.69) is 10.3 Å². The SMILES string of the molecule is CS(=O)(=O)n1cc(-c2cccc(Cl)c2)nn1. The monoisotopic (exact) mass is 257 g/mol. The molecule has 0 spiro atoms. The summed E-state index contributed by atoms with van der Waals surface area (Å²) in [6.45, 7) is 0. The van der Waals surface area contributed by atoms with E-state index in [-0.39, 0.29) is 0 Å². The van der Waals surface area contributed by atoms with Crippen LogP contribution in [0.5, 0.6) is 0 Å². The molecule has 0 aliphatic carbocycles. The number of rotatable bonds is 2. The zero-order valence-corrected chi connectivity index (χ0v) is 9.90. The van der Waals surface area contributed by atoms with E-state index < -0.39 is 10.0 Å². The van der Waals surface area contributed by atoms with Crippen molar-refractivity contribution in [3.05, 3.63) is 35.5 Å². The first-order chi connectivity index (χ1) is 7.47. The molecular weight excluding hydrogens is 250 g/mol. The van der Waals surface area contributed by atoms with Crippen molar-refractivity contribution in [1.29, 1.82) is 0 Å². The molecule has 7 heteroatoms. The van der Waals surface area contributed by atoms with Crippen LogP contribution in [0.15, 0.2) is 30.5 Å². The average Bonchev–Trinajstić information content (AvgIpc) is 2.65. The Morgan fingerprint density at radius 2 is 2.12 bits per heavy atom. The highest BCUT2D eigenvalue weighted by Crippen LogP contribution is 2.20. The Morgan fingerprint density at radius 1 is 1.38 bits per heavy atom. The van der Waals surface area contributed by atoms with Crippen molar-refractivity contribution in [2.45, 2.75) is 0 Å². The third-order valence-corrected chi connectivity index (χ3v) is 3.03. The molecule has 2 rings (SSSR count). The van der Waals surface area contributed by atoms with Gasteiger partial charge in [-0.25, -0.2) is 8.42 Å². The van der Waals surface area contributed by atoms with Crippen LogP contribution in [-0.4, -0.2) is 29.1 Å². The fourth-order valence-corrected chi connectivity index (χ4v) is 1.84. The van der Waals surface area contributed by atoms with Crippen LogP contribution in [0.1, 0.15) is 0 Å². The summed E-state index contributed by atoms with van der Waals surface area (Å²) in [5, 5.41) is 7.86. The molecule has 1 aromatic carbocycles. The minimum atomic E-state index is -3.39. The molecule has 0 fully saturated rings. The van der Waals surface area contributed by atoms with Crippen LogP contribution in [0.3, 0.4) is 0 Å². The molecule has 0 N–H and O–H groups in total. The Morgan fingerprint density at radius 3 is 2.69 bits per heavy atom. The van der Waals surface area contributed by atoms with E-state index >= 15 is 0 Å². The second-order valence-electron chi connectivity index (χ2n) is 3.25. The number of aromatic nitrogens is 3. The van der Waals surface area contributed by atoms with Crippen LogP contribution in [0.4, 0.5) is 0 Å². The highest BCUT2D eigenvalue weighted by Gasteiger charge is 2.10. The van der Waals surface area contributed by atoms with Crippen molar-refractivity contribution in [2.75, 3.05) is 6.26 Å². The molecular formula is C9H8ClN3O2S. The standard InChI is InChI=1S/C9H8ClN3O2S/c1-16(14,15)13-6-9(11-12-13)7-3-2-4-8(10)5-7/h2-6H,1H3. The first-order valence-electron chi connectivity index (χ1n) is 4.35. The molecule has 0 saturated carbocycles. The van der Waals surface area contributed by atoms with Gasteiger partial charge in [0.05, 0.1) is 12.5 Å². The van der Waals surface area contributed by atoms with Crippen LogP contribution in [0, 0.1) is 0 Å². The molecule has 0 aliphatic rings. The minimum absolute atomic E-state index is 0.466. The summed E-state index contributed by atoms with van der Waals surface area (Å²) >= 11 is 5.82. The van der Waals surface area contributed by atoms with Crippen molar-refractivity contribution in [2.24, 2.45) is 0 Å². The zero-order chi connectivity index (χ0) is 11.8. The third-order valence-electron chi connectivity index (χ3n) is 1.93. The van der Waals surface area contributed by atoms with E-state index in [4.69, 9.17) is 11.6 Å². The van der Waals surface area contributed by atoms with Gasteiger partial charge < -0.3 is 0 Å². The largest absolute Gasteiger partial charge is 0.252 e. The normalized spacial score (nSPS) is 11.6. The van der Waals surface area contributed by atoms with Gasteiger partial charge >= 0.3 is 0 Å². The van der Waals surface area contributed by atoms with Crippen LogP contribution < -0.4 is 0 Å². The summed E-state index contributed by atoms with van der Waals surface area (Å²) in [5.74, 6) is 0. The van der Waals surface area contributed by atoms with Gasteiger partial charge in [0, 0.05) is 10.6 Å². The second-order valence-corrected chi connectivity index (χ2v) is 5.53. The third kappa shape index (κ3) is 2.23. The number of nitrogens with zero attached hydrogens (tertiary/aromatic N) is 3. The topological polar surface area (TPSA) is 64.8 Å². The van der Waals surface area contributed by atoms with Gasteiger partial charge in [0.25, 0.3) is 10.0 Å². The molecule has 0 unspecified atom stereocenters. The number of hydrogen-bond acceptors (Lipinski definition) is 4. The van der Waals surface area contributed by atoms with Gasteiger partial charge in [0.2, 0.25) is 0 Å². The summed E-state index contributed by atoms with van der Waals surface area (Å²) in [6, 6.07) is 6.96. The molecule has 0 radical (unpaired) electrons. The van der Waals surface area contributed by atoms with Crippen molar-refractivity contribution >= 4 is 21.6 Å². The van der Waals surface area contributed by atoms with Gasteiger partial charge in [-0.15, -0.1) is 9.19 Å². The van der Waals surface area contributed by atoms with Gasteiger partial charge in [0.15, 0.2) is 0 Å². The van der Waals surface area contributed by atoms with Gasteiger partial charge in [-0.3, -0.25) is 0 Å². The molecule has 0 saturated heterocycles. The lowest BCUT2D eigenvalue weighted by Gasteiger charge is -1.95. The molecule has 16 heavy (non-hydrogen) atoms. The maximum Gasteiger partial charge on any atom is 0.252 e. The molecule has 5 nitrogen and oxygen atoms in total. The van der Waals surface area contributed by atoms with Crippen molar-refractivity contribution < 1.29 is 8.42 Å². The molecule has 1 aromatic heterocycles. The van der Waals surface area contributed by atoms with Crippen LogP contribution in [0.25, 0.3) is 11.3 Å². The van der Waals surface area contributed by atoms with Gasteiger partial charge in [-0.05, 0) is 12.1 Å². The number of halogens is 1. The van der Waals surface area contributed by atoms with Gasteiger partial charge in [0.1, 0.15) is 5.69 Å². The highest BCUT2D eigenvalue weighted by atomic mass is 35.5. The Kier molecular flexibility index (Phi) is 2.69. The summed E-state index contributed by atoms with van der Waals surface area (Å²) in [4.78, 5) is 0. The van der Waals surface area contributed by atoms with Crippen LogP contribution in [-0.2, 0) is 10.0 Å². The number of benzene rings is 1. The van der Waals surface area contributed by atoms with Crippen molar-refractivity contribution in [3.63, 3.8) is 0 Å². The minimum Gasteiger partial charge on any atom is -0.205 e. The van der Waals surface area contributed by atoms with E-state index in [1.54, 1.807) is 24.3 Å². The summed E-state index contributed by atoms with van der Waals surface area (Å²) < 4.78 is 23.2. The zero-order valence-electron chi connectivity index (χ0n) is 8.33.